The van der Waals surface area contributed by atoms with Crippen molar-refractivity contribution in [1.82, 2.24) is 15.3 Å². The lowest BCUT2D eigenvalue weighted by molar-refractivity contribution is -0.140. The normalized spacial score (nSPS) is 10.1. The van der Waals surface area contributed by atoms with Crippen LogP contribution in [0.25, 0.3) is 0 Å². The van der Waals surface area contributed by atoms with E-state index in [2.05, 4.69) is 20.0 Å². The van der Waals surface area contributed by atoms with Crippen LogP contribution in [0.1, 0.15) is 36.2 Å². The van der Waals surface area contributed by atoms with E-state index in [1.165, 1.54) is 25.1 Å². The van der Waals surface area contributed by atoms with Gasteiger partial charge < -0.3 is 10.1 Å². The first-order chi connectivity index (χ1) is 9.67. The summed E-state index contributed by atoms with van der Waals surface area (Å²) in [7, 11) is 1.38. The Labute approximate surface area is 122 Å². The van der Waals surface area contributed by atoms with Crippen molar-refractivity contribution in [3.05, 3.63) is 18.1 Å². The van der Waals surface area contributed by atoms with E-state index in [0.717, 1.165) is 24.3 Å². The van der Waals surface area contributed by atoms with Gasteiger partial charge in [-0.2, -0.15) is 0 Å². The Morgan fingerprint density at radius 2 is 2.05 bits per heavy atom. The van der Waals surface area contributed by atoms with Gasteiger partial charge in [0.25, 0.3) is 5.91 Å². The largest absolute Gasteiger partial charge is 0.469 e. The topological polar surface area (TPSA) is 81.2 Å². The second-order valence-corrected chi connectivity index (χ2v) is 4.91. The molecule has 7 heteroatoms. The van der Waals surface area contributed by atoms with Crippen LogP contribution in [0.3, 0.4) is 0 Å². The third kappa shape index (κ3) is 6.01. The number of nitrogens with zero attached hydrogens (tertiary/aromatic N) is 2. The van der Waals surface area contributed by atoms with Gasteiger partial charge in [0.1, 0.15) is 10.7 Å². The minimum atomic E-state index is -0.224. The highest BCUT2D eigenvalue weighted by Crippen LogP contribution is 2.08. The summed E-state index contributed by atoms with van der Waals surface area (Å²) in [5.41, 5.74) is 0.317. The zero-order valence-corrected chi connectivity index (χ0v) is 12.5. The van der Waals surface area contributed by atoms with Crippen LogP contribution in [-0.2, 0) is 9.53 Å². The third-order valence-corrected chi connectivity index (χ3v) is 3.27. The summed E-state index contributed by atoms with van der Waals surface area (Å²) in [6, 6.07) is 0. The van der Waals surface area contributed by atoms with E-state index in [1.54, 1.807) is 6.20 Å². The summed E-state index contributed by atoms with van der Waals surface area (Å²) in [6.45, 7) is 0.561. The molecule has 6 nitrogen and oxygen atoms in total. The van der Waals surface area contributed by atoms with Crippen molar-refractivity contribution < 1.29 is 14.3 Å². The van der Waals surface area contributed by atoms with Crippen molar-refractivity contribution in [3.63, 3.8) is 0 Å². The molecule has 0 aromatic carbocycles. The molecule has 1 N–H and O–H groups in total. The van der Waals surface area contributed by atoms with Crippen LogP contribution in [0.2, 0.25) is 0 Å². The first-order valence-electron chi connectivity index (χ1n) is 6.38. The molecule has 1 amide bonds. The number of rotatable bonds is 8. The number of unbranched alkanes of at least 4 members (excludes halogenated alkanes) is 2. The zero-order valence-electron chi connectivity index (χ0n) is 11.7. The minimum absolute atomic E-state index is 0.196. The van der Waals surface area contributed by atoms with E-state index in [-0.39, 0.29) is 11.9 Å². The molecule has 0 fully saturated rings. The van der Waals surface area contributed by atoms with Crippen molar-refractivity contribution in [3.8, 4) is 0 Å². The standard InChI is InChI=1S/C13H19N3O3S/c1-19-12(17)6-4-3-5-7-14-13(18)10-8-16-11(20-2)9-15-10/h8-9H,3-7H2,1-2H3,(H,14,18). The molecule has 1 rings (SSSR count). The summed E-state index contributed by atoms with van der Waals surface area (Å²) >= 11 is 1.48. The molecule has 0 aliphatic rings. The zero-order chi connectivity index (χ0) is 14.8. The quantitative estimate of drug-likeness (QED) is 0.446. The molecule has 110 valence electrons. The molecule has 20 heavy (non-hydrogen) atoms. The molecule has 0 radical (unpaired) electrons. The Balaban J connectivity index is 2.18. The van der Waals surface area contributed by atoms with E-state index in [1.807, 2.05) is 6.26 Å². The van der Waals surface area contributed by atoms with E-state index < -0.39 is 0 Å². The Bertz CT molecular complexity index is 437. The molecule has 1 aromatic heterocycles. The SMILES string of the molecule is COC(=O)CCCCCNC(=O)c1cnc(SC)cn1. The average Bonchev–Trinajstić information content (AvgIpc) is 2.50. The van der Waals surface area contributed by atoms with E-state index in [0.29, 0.717) is 18.7 Å². The molecular formula is C13H19N3O3S. The predicted octanol–water partition coefficient (Wildman–Crippen LogP) is 1.66. The molecule has 0 aliphatic carbocycles. The first kappa shape index (κ1) is 16.4. The van der Waals surface area contributed by atoms with Gasteiger partial charge in [0.15, 0.2) is 0 Å². The van der Waals surface area contributed by atoms with Crippen molar-refractivity contribution in [2.45, 2.75) is 30.7 Å². The summed E-state index contributed by atoms with van der Waals surface area (Å²) in [4.78, 5) is 30.8. The highest BCUT2D eigenvalue weighted by atomic mass is 32.2. The van der Waals surface area contributed by atoms with E-state index in [9.17, 15) is 9.59 Å². The van der Waals surface area contributed by atoms with Crippen molar-refractivity contribution >= 4 is 23.6 Å². The number of thioether (sulfide) groups is 1. The fourth-order valence-electron chi connectivity index (χ4n) is 1.50. The highest BCUT2D eigenvalue weighted by molar-refractivity contribution is 7.98. The molecule has 0 atom stereocenters. The summed E-state index contributed by atoms with van der Waals surface area (Å²) in [6.07, 6.45) is 7.83. The third-order valence-electron chi connectivity index (χ3n) is 2.64. The molecule has 1 aromatic rings. The number of aromatic nitrogens is 2. The van der Waals surface area contributed by atoms with E-state index in [4.69, 9.17) is 0 Å². The van der Waals surface area contributed by atoms with Gasteiger partial charge in [-0.3, -0.25) is 9.59 Å². The van der Waals surface area contributed by atoms with Crippen molar-refractivity contribution in [2.75, 3.05) is 19.9 Å². The van der Waals surface area contributed by atoms with Crippen molar-refractivity contribution in [2.24, 2.45) is 0 Å². The maximum atomic E-state index is 11.7. The molecule has 0 unspecified atom stereocenters. The molecule has 1 heterocycles. The van der Waals surface area contributed by atoms with Gasteiger partial charge >= 0.3 is 5.97 Å². The van der Waals surface area contributed by atoms with Crippen LogP contribution < -0.4 is 5.32 Å². The number of carbonyl (C=O) groups excluding carboxylic acids is 2. The minimum Gasteiger partial charge on any atom is -0.469 e. The summed E-state index contributed by atoms with van der Waals surface area (Å²) in [5, 5.41) is 3.56. The number of hydrogen-bond acceptors (Lipinski definition) is 6. The lowest BCUT2D eigenvalue weighted by Gasteiger charge is -2.04. The number of amides is 1. The van der Waals surface area contributed by atoms with Gasteiger partial charge in [-0.15, -0.1) is 11.8 Å². The number of esters is 1. The highest BCUT2D eigenvalue weighted by Gasteiger charge is 2.07. The van der Waals surface area contributed by atoms with Gasteiger partial charge in [0.05, 0.1) is 19.5 Å². The molecule has 0 saturated heterocycles. The molecule has 0 bridgehead atoms. The van der Waals surface area contributed by atoms with Gasteiger partial charge in [0, 0.05) is 13.0 Å². The van der Waals surface area contributed by atoms with Crippen LogP contribution in [0.5, 0.6) is 0 Å². The van der Waals surface area contributed by atoms with Crippen molar-refractivity contribution in [1.29, 1.82) is 0 Å². The second kappa shape index (κ2) is 9.30. The Morgan fingerprint density at radius 3 is 2.65 bits per heavy atom. The maximum absolute atomic E-state index is 11.7. The van der Waals surface area contributed by atoms with Gasteiger partial charge in [-0.1, -0.05) is 6.42 Å². The van der Waals surface area contributed by atoms with Crippen LogP contribution in [0.4, 0.5) is 0 Å². The Morgan fingerprint density at radius 1 is 1.25 bits per heavy atom. The number of hydrogen-bond donors (Lipinski definition) is 1. The number of methoxy groups -OCH3 is 1. The van der Waals surface area contributed by atoms with E-state index >= 15 is 0 Å². The van der Waals surface area contributed by atoms with Crippen LogP contribution in [0, 0.1) is 0 Å². The fourth-order valence-corrected chi connectivity index (χ4v) is 1.82. The summed E-state index contributed by atoms with van der Waals surface area (Å²) in [5.74, 6) is -0.420. The fraction of sp³-hybridized carbons (Fsp3) is 0.538. The van der Waals surface area contributed by atoms with Gasteiger partial charge in [-0.25, -0.2) is 9.97 Å². The molecule has 0 spiro atoms. The van der Waals surface area contributed by atoms with Crippen LogP contribution in [-0.4, -0.2) is 41.8 Å². The summed E-state index contributed by atoms with van der Waals surface area (Å²) < 4.78 is 4.55. The average molecular weight is 297 g/mol. The van der Waals surface area contributed by atoms with Gasteiger partial charge in [-0.05, 0) is 19.1 Å². The number of ether oxygens (including phenoxy) is 1. The van der Waals surface area contributed by atoms with Gasteiger partial charge in [0.2, 0.25) is 0 Å². The molecule has 0 saturated carbocycles. The second-order valence-electron chi connectivity index (χ2n) is 4.09. The Hall–Kier alpha value is -1.63. The number of carbonyl (C=O) groups is 2. The van der Waals surface area contributed by atoms with Crippen LogP contribution in [0.15, 0.2) is 17.4 Å². The Kier molecular flexibility index (Phi) is 7.64. The lowest BCUT2D eigenvalue weighted by atomic mass is 10.2. The molecular weight excluding hydrogens is 278 g/mol. The monoisotopic (exact) mass is 297 g/mol. The maximum Gasteiger partial charge on any atom is 0.305 e. The first-order valence-corrected chi connectivity index (χ1v) is 7.61. The smallest absolute Gasteiger partial charge is 0.305 e. The number of nitrogens with one attached hydrogen (secondary N) is 1. The van der Waals surface area contributed by atoms with Crippen LogP contribution >= 0.6 is 11.8 Å². The lowest BCUT2D eigenvalue weighted by Crippen LogP contribution is -2.25. The molecule has 0 aliphatic heterocycles. The predicted molar refractivity (Wildman–Crippen MR) is 76.6 cm³/mol.